The van der Waals surface area contributed by atoms with Crippen molar-refractivity contribution in [3.63, 3.8) is 0 Å². The zero-order chi connectivity index (χ0) is 23.9. The number of urea groups is 1. The molecular formula is C25H29ClN4O4. The average molecular weight is 485 g/mol. The highest BCUT2D eigenvalue weighted by molar-refractivity contribution is 6.33. The topological polar surface area (TPSA) is 86.9 Å². The number of carbonyl (C=O) groups excluding carboxylic acids is 1. The van der Waals surface area contributed by atoms with Gasteiger partial charge in [-0.15, -0.1) is 0 Å². The third-order valence-electron chi connectivity index (χ3n) is 5.90. The highest BCUT2D eigenvalue weighted by atomic mass is 35.5. The molecule has 1 aliphatic rings. The molecule has 3 aromatic rings. The van der Waals surface area contributed by atoms with Gasteiger partial charge in [0, 0.05) is 42.6 Å². The summed E-state index contributed by atoms with van der Waals surface area (Å²) in [4.78, 5) is 32.9. The number of nitrogens with one attached hydrogen (secondary N) is 2. The van der Waals surface area contributed by atoms with E-state index in [9.17, 15) is 9.59 Å². The predicted molar refractivity (Wildman–Crippen MR) is 134 cm³/mol. The normalized spacial score (nSPS) is 14.2. The summed E-state index contributed by atoms with van der Waals surface area (Å²) in [6.07, 6.45) is 0.773. The summed E-state index contributed by atoms with van der Waals surface area (Å²) in [5.74, 6) is 0.698. The second kappa shape index (κ2) is 11.4. The Morgan fingerprint density at radius 1 is 1.21 bits per heavy atom. The smallest absolute Gasteiger partial charge is 0.322 e. The second-order valence-corrected chi connectivity index (χ2v) is 8.62. The minimum absolute atomic E-state index is 0.169. The van der Waals surface area contributed by atoms with E-state index in [4.69, 9.17) is 21.1 Å². The maximum absolute atomic E-state index is 13.2. The van der Waals surface area contributed by atoms with E-state index in [1.165, 1.54) is 0 Å². The van der Waals surface area contributed by atoms with Crippen molar-refractivity contribution in [1.29, 1.82) is 0 Å². The Morgan fingerprint density at radius 3 is 2.76 bits per heavy atom. The summed E-state index contributed by atoms with van der Waals surface area (Å²) in [5, 5.41) is 4.18. The molecule has 0 unspecified atom stereocenters. The molecule has 0 radical (unpaired) electrons. The molecule has 2 heterocycles. The largest absolute Gasteiger partial charge is 0.497 e. The number of methoxy groups -OCH3 is 1. The third kappa shape index (κ3) is 6.08. The van der Waals surface area contributed by atoms with Gasteiger partial charge < -0.3 is 24.7 Å². The summed E-state index contributed by atoms with van der Waals surface area (Å²) >= 11 is 6.24. The summed E-state index contributed by atoms with van der Waals surface area (Å²) in [6, 6.07) is 14.1. The molecule has 2 amide bonds. The van der Waals surface area contributed by atoms with E-state index in [1.807, 2.05) is 24.3 Å². The van der Waals surface area contributed by atoms with Crippen molar-refractivity contribution < 1.29 is 14.3 Å². The molecule has 2 aromatic carbocycles. The Kier molecular flexibility index (Phi) is 8.05. The molecular weight excluding hydrogens is 456 g/mol. The molecule has 1 saturated heterocycles. The van der Waals surface area contributed by atoms with Crippen LogP contribution in [0.15, 0.2) is 53.3 Å². The van der Waals surface area contributed by atoms with Gasteiger partial charge in [-0.1, -0.05) is 23.7 Å². The molecule has 4 rings (SSSR count). The Bertz CT molecular complexity index is 1190. The van der Waals surface area contributed by atoms with Gasteiger partial charge in [0.2, 0.25) is 0 Å². The molecule has 0 spiro atoms. The number of pyridine rings is 1. The first-order valence-corrected chi connectivity index (χ1v) is 11.7. The number of hydrogen-bond donors (Lipinski definition) is 2. The fourth-order valence-electron chi connectivity index (χ4n) is 4.00. The second-order valence-electron chi connectivity index (χ2n) is 8.22. The first-order valence-electron chi connectivity index (χ1n) is 11.3. The van der Waals surface area contributed by atoms with Crippen LogP contribution in [0.5, 0.6) is 5.75 Å². The van der Waals surface area contributed by atoms with E-state index in [0.29, 0.717) is 34.1 Å². The molecule has 0 saturated carbocycles. The van der Waals surface area contributed by atoms with Crippen LogP contribution in [0.4, 0.5) is 10.5 Å². The number of halogens is 1. The zero-order valence-corrected chi connectivity index (χ0v) is 19.9. The highest BCUT2D eigenvalue weighted by Crippen LogP contribution is 2.22. The number of rotatable bonds is 8. The minimum Gasteiger partial charge on any atom is -0.497 e. The van der Waals surface area contributed by atoms with Gasteiger partial charge >= 0.3 is 6.03 Å². The maximum atomic E-state index is 13.2. The molecule has 0 atom stereocenters. The Labute approximate surface area is 203 Å². The first-order chi connectivity index (χ1) is 16.5. The fraction of sp³-hybridized carbons (Fsp3) is 0.360. The monoisotopic (exact) mass is 484 g/mol. The van der Waals surface area contributed by atoms with E-state index < -0.39 is 0 Å². The quantitative estimate of drug-likeness (QED) is 0.505. The van der Waals surface area contributed by atoms with Crippen LogP contribution in [0, 0.1) is 0 Å². The molecule has 9 heteroatoms. The molecule has 180 valence electrons. The van der Waals surface area contributed by atoms with Crippen molar-refractivity contribution >= 4 is 34.2 Å². The van der Waals surface area contributed by atoms with Crippen molar-refractivity contribution in [3.05, 3.63) is 69.5 Å². The van der Waals surface area contributed by atoms with Gasteiger partial charge in [-0.3, -0.25) is 9.69 Å². The van der Waals surface area contributed by atoms with Crippen LogP contribution in [0.2, 0.25) is 5.02 Å². The van der Waals surface area contributed by atoms with E-state index in [0.717, 1.165) is 44.7 Å². The molecule has 1 fully saturated rings. The van der Waals surface area contributed by atoms with Gasteiger partial charge in [0.1, 0.15) is 5.75 Å². The fourth-order valence-corrected chi connectivity index (χ4v) is 4.18. The lowest BCUT2D eigenvalue weighted by atomic mass is 10.1. The van der Waals surface area contributed by atoms with Gasteiger partial charge in [0.25, 0.3) is 5.56 Å². The van der Waals surface area contributed by atoms with Crippen molar-refractivity contribution in [2.24, 2.45) is 0 Å². The number of nitrogens with zero attached hydrogens (tertiary/aromatic N) is 2. The first kappa shape index (κ1) is 24.1. The third-order valence-corrected chi connectivity index (χ3v) is 6.23. The molecule has 34 heavy (non-hydrogen) atoms. The lowest BCUT2D eigenvalue weighted by Crippen LogP contribution is -2.40. The number of morpholine rings is 1. The number of para-hydroxylation sites is 1. The molecule has 1 aromatic heterocycles. The molecule has 0 bridgehead atoms. The number of aromatic nitrogens is 1. The van der Waals surface area contributed by atoms with Crippen LogP contribution < -0.4 is 15.6 Å². The van der Waals surface area contributed by atoms with E-state index in [-0.39, 0.29) is 18.1 Å². The van der Waals surface area contributed by atoms with Crippen molar-refractivity contribution in [2.75, 3.05) is 51.8 Å². The number of H-pyrrole nitrogens is 1. The summed E-state index contributed by atoms with van der Waals surface area (Å²) in [5.41, 5.74) is 1.53. The van der Waals surface area contributed by atoms with Crippen molar-refractivity contribution in [2.45, 2.75) is 13.0 Å². The molecule has 1 aliphatic heterocycles. The number of aromatic amines is 1. The maximum Gasteiger partial charge on any atom is 0.322 e. The molecule has 2 N–H and O–H groups in total. The van der Waals surface area contributed by atoms with E-state index in [2.05, 4.69) is 15.2 Å². The average Bonchev–Trinajstić information content (AvgIpc) is 2.85. The summed E-state index contributed by atoms with van der Waals surface area (Å²) < 4.78 is 10.7. The number of ether oxygens (including phenoxy) is 2. The Morgan fingerprint density at radius 2 is 2.00 bits per heavy atom. The highest BCUT2D eigenvalue weighted by Gasteiger charge is 2.18. The number of amides is 2. The number of benzene rings is 2. The van der Waals surface area contributed by atoms with Crippen LogP contribution in [-0.2, 0) is 11.3 Å². The van der Waals surface area contributed by atoms with Crippen LogP contribution in [0.1, 0.15) is 12.0 Å². The SMILES string of the molecule is COc1ccc2[nH]c(=O)c(CN(CCCN3CCOCC3)C(=O)Nc3ccccc3Cl)cc2c1. The number of fused-ring (bicyclic) bond motifs is 1. The Balaban J connectivity index is 1.53. The van der Waals surface area contributed by atoms with E-state index >= 15 is 0 Å². The minimum atomic E-state index is -0.305. The number of carbonyl (C=O) groups is 1. The summed E-state index contributed by atoms with van der Waals surface area (Å²) in [7, 11) is 1.60. The number of anilines is 1. The standard InChI is InChI=1S/C25H29ClN4O4/c1-33-20-7-8-22-18(16-20)15-19(24(31)27-22)17-30(10-4-9-29-11-13-34-14-12-29)25(32)28-23-6-3-2-5-21(23)26/h2-3,5-8,15-16H,4,9-14,17H2,1H3,(H,27,31)(H,28,32). The van der Waals surface area contributed by atoms with Crippen LogP contribution in [-0.4, -0.2) is 67.3 Å². The van der Waals surface area contributed by atoms with Gasteiger partial charge in [-0.25, -0.2) is 4.79 Å². The van der Waals surface area contributed by atoms with Gasteiger partial charge in [-0.05, 0) is 42.8 Å². The van der Waals surface area contributed by atoms with Crippen LogP contribution in [0.25, 0.3) is 10.9 Å². The number of hydrogen-bond acceptors (Lipinski definition) is 5. The van der Waals surface area contributed by atoms with Crippen molar-refractivity contribution in [1.82, 2.24) is 14.8 Å². The van der Waals surface area contributed by atoms with Crippen molar-refractivity contribution in [3.8, 4) is 5.75 Å². The van der Waals surface area contributed by atoms with Gasteiger partial charge in [0.05, 0.1) is 37.6 Å². The van der Waals surface area contributed by atoms with Crippen LogP contribution in [0.3, 0.4) is 0 Å². The van der Waals surface area contributed by atoms with E-state index in [1.54, 1.807) is 36.3 Å². The molecule has 8 nitrogen and oxygen atoms in total. The van der Waals surface area contributed by atoms with Crippen LogP contribution >= 0.6 is 11.6 Å². The molecule has 0 aliphatic carbocycles. The lowest BCUT2D eigenvalue weighted by molar-refractivity contribution is 0.0365. The Hall–Kier alpha value is -3.07. The van der Waals surface area contributed by atoms with Gasteiger partial charge in [0.15, 0.2) is 0 Å². The predicted octanol–water partition coefficient (Wildman–Crippen LogP) is 3.95. The lowest BCUT2D eigenvalue weighted by Gasteiger charge is -2.28. The zero-order valence-electron chi connectivity index (χ0n) is 19.2. The van der Waals surface area contributed by atoms with Gasteiger partial charge in [-0.2, -0.15) is 0 Å². The summed E-state index contributed by atoms with van der Waals surface area (Å²) in [6.45, 7) is 4.74.